The van der Waals surface area contributed by atoms with Gasteiger partial charge in [0, 0.05) is 23.7 Å². The summed E-state index contributed by atoms with van der Waals surface area (Å²) >= 11 is 0. The summed E-state index contributed by atoms with van der Waals surface area (Å²) in [4.78, 5) is 9.25. The normalized spacial score (nSPS) is 12.4. The highest BCUT2D eigenvalue weighted by Gasteiger charge is 2.13. The molecule has 0 radical (unpaired) electrons. The van der Waals surface area contributed by atoms with Gasteiger partial charge in [-0.05, 0) is 31.4 Å². The van der Waals surface area contributed by atoms with Crippen LogP contribution in [0, 0.1) is 6.92 Å². The molecule has 1 aromatic heterocycles. The molecule has 1 unspecified atom stereocenters. The molecule has 106 valence electrons. The first-order valence-corrected chi connectivity index (χ1v) is 7.32. The van der Waals surface area contributed by atoms with Gasteiger partial charge in [-0.25, -0.2) is 9.97 Å². The molecule has 0 amide bonds. The number of nitrogens with two attached hydrogens (primary N) is 1. The molecule has 0 fully saturated rings. The van der Waals surface area contributed by atoms with Gasteiger partial charge in [-0.2, -0.15) is 0 Å². The fourth-order valence-corrected chi connectivity index (χ4v) is 2.29. The van der Waals surface area contributed by atoms with Crippen molar-refractivity contribution in [3.63, 3.8) is 0 Å². The number of nitrogens with zero attached hydrogens (tertiary/aromatic N) is 2. The van der Waals surface area contributed by atoms with Crippen molar-refractivity contribution in [2.75, 3.05) is 6.54 Å². The third kappa shape index (κ3) is 3.23. The van der Waals surface area contributed by atoms with Crippen molar-refractivity contribution in [3.05, 3.63) is 47.4 Å². The third-order valence-corrected chi connectivity index (χ3v) is 3.67. The van der Waals surface area contributed by atoms with E-state index in [0.717, 1.165) is 35.6 Å². The Balaban J connectivity index is 2.40. The zero-order valence-corrected chi connectivity index (χ0v) is 12.6. The lowest BCUT2D eigenvalue weighted by Gasteiger charge is -2.13. The van der Waals surface area contributed by atoms with Crippen LogP contribution in [0.1, 0.15) is 43.3 Å². The Kier molecular flexibility index (Phi) is 4.85. The Morgan fingerprint density at radius 1 is 1.10 bits per heavy atom. The molecule has 1 heterocycles. The Bertz CT molecular complexity index is 557. The van der Waals surface area contributed by atoms with Gasteiger partial charge < -0.3 is 5.73 Å². The summed E-state index contributed by atoms with van der Waals surface area (Å²) in [5, 5.41) is 0. The first-order chi connectivity index (χ1) is 9.67. The van der Waals surface area contributed by atoms with Crippen LogP contribution in [0.15, 0.2) is 30.3 Å². The maximum absolute atomic E-state index is 5.81. The van der Waals surface area contributed by atoms with Crippen molar-refractivity contribution in [3.8, 4) is 11.3 Å². The van der Waals surface area contributed by atoms with Gasteiger partial charge in [-0.1, -0.05) is 38.1 Å². The number of aryl methyl sites for hydroxylation is 2. The minimum atomic E-state index is 0.239. The molecule has 0 aliphatic heterocycles. The fraction of sp³-hybridized carbons (Fsp3) is 0.412. The summed E-state index contributed by atoms with van der Waals surface area (Å²) in [6, 6.07) is 10.6. The van der Waals surface area contributed by atoms with Crippen molar-refractivity contribution < 1.29 is 0 Å². The average molecular weight is 269 g/mol. The number of rotatable bonds is 5. The van der Waals surface area contributed by atoms with Crippen molar-refractivity contribution in [2.24, 2.45) is 5.73 Å². The van der Waals surface area contributed by atoms with Crippen LogP contribution in [-0.2, 0) is 6.42 Å². The molecule has 2 rings (SSSR count). The van der Waals surface area contributed by atoms with Crippen LogP contribution in [-0.4, -0.2) is 16.5 Å². The van der Waals surface area contributed by atoms with Crippen molar-refractivity contribution in [1.29, 1.82) is 0 Å². The molecule has 2 aromatic rings. The summed E-state index contributed by atoms with van der Waals surface area (Å²) in [5.74, 6) is 1.10. The van der Waals surface area contributed by atoms with E-state index in [9.17, 15) is 0 Å². The van der Waals surface area contributed by atoms with Gasteiger partial charge in [0.25, 0.3) is 0 Å². The molecule has 3 heteroatoms. The Morgan fingerprint density at radius 3 is 2.35 bits per heavy atom. The molecule has 2 N–H and O–H groups in total. The van der Waals surface area contributed by atoms with Crippen LogP contribution in [0.5, 0.6) is 0 Å². The van der Waals surface area contributed by atoms with Crippen LogP contribution in [0.25, 0.3) is 11.3 Å². The van der Waals surface area contributed by atoms with E-state index in [4.69, 9.17) is 10.7 Å². The van der Waals surface area contributed by atoms with Crippen LogP contribution >= 0.6 is 0 Å². The highest BCUT2D eigenvalue weighted by Crippen LogP contribution is 2.22. The molecule has 20 heavy (non-hydrogen) atoms. The van der Waals surface area contributed by atoms with Crippen LogP contribution in [0.2, 0.25) is 0 Å². The van der Waals surface area contributed by atoms with E-state index in [2.05, 4.69) is 43.1 Å². The quantitative estimate of drug-likeness (QED) is 0.904. The predicted molar refractivity (Wildman–Crippen MR) is 83.7 cm³/mol. The summed E-state index contributed by atoms with van der Waals surface area (Å²) in [6.45, 7) is 6.89. The van der Waals surface area contributed by atoms with Crippen molar-refractivity contribution in [2.45, 2.75) is 39.5 Å². The Hall–Kier alpha value is -1.74. The van der Waals surface area contributed by atoms with E-state index in [-0.39, 0.29) is 5.92 Å². The molecule has 0 saturated heterocycles. The second-order valence-electron chi connectivity index (χ2n) is 5.14. The molecular formula is C17H23N3. The van der Waals surface area contributed by atoms with Gasteiger partial charge in [-0.3, -0.25) is 0 Å². The van der Waals surface area contributed by atoms with E-state index in [1.807, 2.05) is 13.0 Å². The SMILES string of the molecule is CCc1ccc(-c2cc(C)nc(C(CC)CN)n2)cc1. The molecule has 0 spiro atoms. The van der Waals surface area contributed by atoms with E-state index in [1.54, 1.807) is 0 Å². The van der Waals surface area contributed by atoms with E-state index < -0.39 is 0 Å². The molecule has 0 aliphatic carbocycles. The lowest BCUT2D eigenvalue weighted by molar-refractivity contribution is 0.629. The summed E-state index contributed by atoms with van der Waals surface area (Å²) in [6.07, 6.45) is 2.02. The first kappa shape index (κ1) is 14.7. The Morgan fingerprint density at radius 2 is 1.80 bits per heavy atom. The standard InChI is InChI=1S/C17H23N3/c1-4-13-6-8-15(9-7-13)16-10-12(3)19-17(20-16)14(5-2)11-18/h6-10,14H,4-5,11,18H2,1-3H3. The number of hydrogen-bond acceptors (Lipinski definition) is 3. The van der Waals surface area contributed by atoms with E-state index in [1.165, 1.54) is 5.56 Å². The highest BCUT2D eigenvalue weighted by molar-refractivity contribution is 5.59. The molecule has 0 bridgehead atoms. The molecule has 1 atom stereocenters. The fourth-order valence-electron chi connectivity index (χ4n) is 2.29. The van der Waals surface area contributed by atoms with Crippen molar-refractivity contribution >= 4 is 0 Å². The number of aromatic nitrogens is 2. The topological polar surface area (TPSA) is 51.8 Å². The van der Waals surface area contributed by atoms with E-state index >= 15 is 0 Å². The third-order valence-electron chi connectivity index (χ3n) is 3.67. The number of benzene rings is 1. The predicted octanol–water partition coefficient (Wildman–Crippen LogP) is 3.47. The zero-order valence-electron chi connectivity index (χ0n) is 12.6. The average Bonchev–Trinajstić information content (AvgIpc) is 2.48. The smallest absolute Gasteiger partial charge is 0.133 e. The van der Waals surface area contributed by atoms with Gasteiger partial charge >= 0.3 is 0 Å². The second kappa shape index (κ2) is 6.62. The minimum absolute atomic E-state index is 0.239. The van der Waals surface area contributed by atoms with Crippen LogP contribution in [0.4, 0.5) is 0 Å². The summed E-state index contributed by atoms with van der Waals surface area (Å²) < 4.78 is 0. The maximum Gasteiger partial charge on any atom is 0.133 e. The molecule has 0 aliphatic rings. The highest BCUT2D eigenvalue weighted by atomic mass is 14.9. The van der Waals surface area contributed by atoms with Gasteiger partial charge in [0.05, 0.1) is 5.69 Å². The molecular weight excluding hydrogens is 246 g/mol. The molecule has 3 nitrogen and oxygen atoms in total. The van der Waals surface area contributed by atoms with Crippen LogP contribution < -0.4 is 5.73 Å². The zero-order chi connectivity index (χ0) is 14.5. The van der Waals surface area contributed by atoms with Gasteiger partial charge in [-0.15, -0.1) is 0 Å². The Labute approximate surface area is 121 Å². The van der Waals surface area contributed by atoms with Gasteiger partial charge in [0.2, 0.25) is 0 Å². The molecule has 0 saturated carbocycles. The summed E-state index contributed by atoms with van der Waals surface area (Å²) in [5.41, 5.74) is 10.3. The minimum Gasteiger partial charge on any atom is -0.330 e. The summed E-state index contributed by atoms with van der Waals surface area (Å²) in [7, 11) is 0. The largest absolute Gasteiger partial charge is 0.330 e. The maximum atomic E-state index is 5.81. The second-order valence-corrected chi connectivity index (χ2v) is 5.14. The van der Waals surface area contributed by atoms with Crippen molar-refractivity contribution in [1.82, 2.24) is 9.97 Å². The monoisotopic (exact) mass is 269 g/mol. The lowest BCUT2D eigenvalue weighted by Crippen LogP contribution is -2.15. The van der Waals surface area contributed by atoms with Gasteiger partial charge in [0.15, 0.2) is 0 Å². The van der Waals surface area contributed by atoms with E-state index in [0.29, 0.717) is 6.54 Å². The number of hydrogen-bond donors (Lipinski definition) is 1. The van der Waals surface area contributed by atoms with Crippen LogP contribution in [0.3, 0.4) is 0 Å². The lowest BCUT2D eigenvalue weighted by atomic mass is 10.0. The molecule has 1 aromatic carbocycles. The first-order valence-electron chi connectivity index (χ1n) is 7.32. The van der Waals surface area contributed by atoms with Gasteiger partial charge in [0.1, 0.15) is 5.82 Å².